The Morgan fingerprint density at radius 2 is 1.79 bits per heavy atom. The van der Waals surface area contributed by atoms with Gasteiger partial charge in [-0.2, -0.15) is 0 Å². The number of fused-ring (bicyclic) bond motifs is 3. The summed E-state index contributed by atoms with van der Waals surface area (Å²) in [5.74, 6) is 1.47. The summed E-state index contributed by atoms with van der Waals surface area (Å²) in [5.41, 5.74) is 7.54. The summed E-state index contributed by atoms with van der Waals surface area (Å²) in [7, 11) is -4.34. The lowest BCUT2D eigenvalue weighted by molar-refractivity contribution is -0.402. The molecule has 0 amide bonds. The number of halogens is 4. The number of hydrogen-bond acceptors (Lipinski definition) is 4. The molecule has 2 aromatic carbocycles. The minimum atomic E-state index is -6.00. The summed E-state index contributed by atoms with van der Waals surface area (Å²) >= 11 is 0. The van der Waals surface area contributed by atoms with Crippen molar-refractivity contribution in [1.82, 2.24) is 14.8 Å². The van der Waals surface area contributed by atoms with Crippen LogP contribution < -0.4 is 10.2 Å². The van der Waals surface area contributed by atoms with Crippen molar-refractivity contribution in [2.45, 2.75) is 6.92 Å². The summed E-state index contributed by atoms with van der Waals surface area (Å²) in [6.07, 6.45) is 3.72. The Morgan fingerprint density at radius 1 is 1.11 bits per heavy atom. The van der Waals surface area contributed by atoms with E-state index in [4.69, 9.17) is 4.74 Å². The maximum Gasteiger partial charge on any atom is 0.673 e. The summed E-state index contributed by atoms with van der Waals surface area (Å²) in [4.78, 5) is 0. The maximum atomic E-state index is 9.75. The van der Waals surface area contributed by atoms with Gasteiger partial charge in [-0.15, -0.1) is 15.6 Å². The van der Waals surface area contributed by atoms with Gasteiger partial charge in [0.1, 0.15) is 17.8 Å². The first-order valence-electron chi connectivity index (χ1n) is 8.18. The van der Waals surface area contributed by atoms with Gasteiger partial charge in [0.15, 0.2) is 0 Å². The third-order valence-electron chi connectivity index (χ3n) is 3.83. The molecule has 0 atom stereocenters. The molecule has 0 spiro atoms. The van der Waals surface area contributed by atoms with Gasteiger partial charge in [-0.3, -0.25) is 4.57 Å². The van der Waals surface area contributed by atoms with Crippen LogP contribution in [0.2, 0.25) is 0 Å². The number of methoxy groups -OCH3 is 1. The molecule has 11 heteroatoms. The standard InChI is InChI=1S/C17H16N5O.BF4/c1-12-3-5-13(6-4-12)10-22-16-9-14(23-2)7-8-15(16)21-11-18-19-17(21)20-22;2-1(3,4)5/h3-11H,1-2H3,(H,19,20);/q+1;-1/b22-10-;. The molecular weight excluding hydrogens is 377 g/mol. The van der Waals surface area contributed by atoms with Gasteiger partial charge >= 0.3 is 7.25 Å². The molecule has 0 saturated carbocycles. The van der Waals surface area contributed by atoms with Crippen LogP contribution in [0.1, 0.15) is 11.1 Å². The van der Waals surface area contributed by atoms with Crippen molar-refractivity contribution in [1.29, 1.82) is 0 Å². The molecule has 146 valence electrons. The molecule has 0 saturated heterocycles. The van der Waals surface area contributed by atoms with E-state index in [-0.39, 0.29) is 0 Å². The first kappa shape index (κ1) is 19.4. The fraction of sp³-hybridized carbons (Fsp3) is 0.118. The summed E-state index contributed by atoms with van der Waals surface area (Å²) in [5, 5.41) is 8.09. The van der Waals surface area contributed by atoms with E-state index in [0.717, 1.165) is 22.7 Å². The molecule has 2 heterocycles. The molecule has 1 aliphatic rings. The topological polar surface area (TPSA) is 55.0 Å². The van der Waals surface area contributed by atoms with E-state index >= 15 is 0 Å². The van der Waals surface area contributed by atoms with Crippen LogP contribution in [0, 0.1) is 6.92 Å². The quantitative estimate of drug-likeness (QED) is 0.407. The van der Waals surface area contributed by atoms with Gasteiger partial charge in [0.2, 0.25) is 6.21 Å². The first-order valence-corrected chi connectivity index (χ1v) is 8.18. The van der Waals surface area contributed by atoms with Crippen LogP contribution in [-0.4, -0.2) is 40.0 Å². The van der Waals surface area contributed by atoms with Crippen molar-refractivity contribution in [2.24, 2.45) is 0 Å². The molecule has 0 fully saturated rings. The van der Waals surface area contributed by atoms with Crippen LogP contribution in [0.25, 0.3) is 5.69 Å². The smallest absolute Gasteiger partial charge is 0.497 e. The lowest BCUT2D eigenvalue weighted by Gasteiger charge is -2.16. The predicted molar refractivity (Wildman–Crippen MR) is 98.0 cm³/mol. The van der Waals surface area contributed by atoms with Gasteiger partial charge in [-0.25, -0.2) is 0 Å². The Morgan fingerprint density at radius 3 is 2.43 bits per heavy atom. The van der Waals surface area contributed by atoms with Gasteiger partial charge in [0.25, 0.3) is 11.6 Å². The van der Waals surface area contributed by atoms with Crippen molar-refractivity contribution < 1.29 is 26.7 Å². The predicted octanol–water partition coefficient (Wildman–Crippen LogP) is 3.99. The third kappa shape index (κ3) is 4.67. The molecule has 1 aromatic heterocycles. The number of hydrazone groups is 1. The molecule has 28 heavy (non-hydrogen) atoms. The Hall–Kier alpha value is -3.37. The van der Waals surface area contributed by atoms with Gasteiger partial charge in [-0.1, -0.05) is 22.4 Å². The number of aryl methyl sites for hydroxylation is 1. The number of aromatic nitrogens is 3. The highest BCUT2D eigenvalue weighted by atomic mass is 19.5. The zero-order valence-electron chi connectivity index (χ0n) is 15.0. The second kappa shape index (κ2) is 7.71. The number of nitrogens with zero attached hydrogens (tertiary/aromatic N) is 4. The van der Waals surface area contributed by atoms with Crippen molar-refractivity contribution in [2.75, 3.05) is 12.5 Å². The SMILES string of the molecule is COc1ccc2c(c1)/[N+](=C/c1ccc(C)cc1)Nc1nncn1-2.F[B-](F)(F)F. The number of hydrazine groups is 1. The van der Waals surface area contributed by atoms with E-state index in [2.05, 4.69) is 46.8 Å². The van der Waals surface area contributed by atoms with E-state index in [1.165, 1.54) is 5.56 Å². The molecule has 6 nitrogen and oxygen atoms in total. The van der Waals surface area contributed by atoms with Gasteiger partial charge in [-0.05, 0) is 31.2 Å². The first-order chi connectivity index (χ1) is 13.2. The highest BCUT2D eigenvalue weighted by Crippen LogP contribution is 2.33. The second-order valence-corrected chi connectivity index (χ2v) is 5.90. The number of rotatable bonds is 2. The van der Waals surface area contributed by atoms with Gasteiger partial charge in [0, 0.05) is 5.56 Å². The second-order valence-electron chi connectivity index (χ2n) is 5.90. The summed E-state index contributed by atoms with van der Waals surface area (Å²) in [6, 6.07) is 14.2. The molecule has 1 N–H and O–H groups in total. The Balaban J connectivity index is 0.000000403. The third-order valence-corrected chi connectivity index (χ3v) is 3.83. The van der Waals surface area contributed by atoms with Gasteiger partial charge < -0.3 is 22.0 Å². The largest absolute Gasteiger partial charge is 0.673 e. The van der Waals surface area contributed by atoms with Crippen LogP contribution >= 0.6 is 0 Å². The van der Waals surface area contributed by atoms with Crippen LogP contribution in [0.3, 0.4) is 0 Å². The molecule has 0 radical (unpaired) electrons. The number of hydrogen-bond donors (Lipinski definition) is 1. The number of nitrogens with one attached hydrogen (secondary N) is 1. The lowest BCUT2D eigenvalue weighted by atomic mass is 10.1. The minimum absolute atomic E-state index is 0.672. The molecule has 0 aliphatic carbocycles. The highest BCUT2D eigenvalue weighted by molar-refractivity contribution is 6.50. The van der Waals surface area contributed by atoms with Gasteiger partial charge in [0.05, 0.1) is 13.2 Å². The average Bonchev–Trinajstić information content (AvgIpc) is 3.10. The van der Waals surface area contributed by atoms with Crippen LogP contribution in [0.15, 0.2) is 48.8 Å². The maximum absolute atomic E-state index is 9.75. The van der Waals surface area contributed by atoms with E-state index in [1.54, 1.807) is 13.4 Å². The molecule has 0 bridgehead atoms. The Labute approximate surface area is 158 Å². The zero-order valence-corrected chi connectivity index (χ0v) is 15.0. The molecule has 3 aromatic rings. The fourth-order valence-electron chi connectivity index (χ4n) is 2.59. The highest BCUT2D eigenvalue weighted by Gasteiger charge is 2.27. The van der Waals surface area contributed by atoms with Crippen LogP contribution in [-0.2, 0) is 0 Å². The van der Waals surface area contributed by atoms with E-state index < -0.39 is 7.25 Å². The van der Waals surface area contributed by atoms with Crippen LogP contribution in [0.5, 0.6) is 5.75 Å². The average molecular weight is 393 g/mol. The lowest BCUT2D eigenvalue weighted by Crippen LogP contribution is -2.24. The van der Waals surface area contributed by atoms with E-state index in [0.29, 0.717) is 5.95 Å². The monoisotopic (exact) mass is 393 g/mol. The molecular formula is C17H16BF4N5O. The van der Waals surface area contributed by atoms with E-state index in [9.17, 15) is 17.3 Å². The van der Waals surface area contributed by atoms with E-state index in [1.807, 2.05) is 33.7 Å². The van der Waals surface area contributed by atoms with Crippen molar-refractivity contribution in [3.05, 3.63) is 59.9 Å². The van der Waals surface area contributed by atoms with Crippen molar-refractivity contribution >= 4 is 25.1 Å². The number of anilines is 1. The van der Waals surface area contributed by atoms with Crippen molar-refractivity contribution in [3.63, 3.8) is 0 Å². The molecule has 0 unspecified atom stereocenters. The zero-order chi connectivity index (χ0) is 20.3. The Bertz CT molecular complexity index is 996. The number of benzene rings is 2. The molecule has 4 rings (SSSR count). The van der Waals surface area contributed by atoms with Crippen molar-refractivity contribution in [3.8, 4) is 11.4 Å². The summed E-state index contributed by atoms with van der Waals surface area (Å²) < 4.78 is 48.2. The summed E-state index contributed by atoms with van der Waals surface area (Å²) in [6.45, 7) is 2.07. The molecule has 1 aliphatic heterocycles. The number of ether oxygens (including phenoxy) is 1. The Kier molecular flexibility index (Phi) is 5.34. The van der Waals surface area contributed by atoms with Crippen LogP contribution in [0.4, 0.5) is 28.9 Å². The normalized spacial score (nSPS) is 13.7. The minimum Gasteiger partial charge on any atom is -0.497 e. The fourth-order valence-corrected chi connectivity index (χ4v) is 2.59.